The number of alkyl carbamates (subject to hydrolysis) is 1. The maximum atomic E-state index is 12.9. The highest BCUT2D eigenvalue weighted by Crippen LogP contribution is 2.41. The van der Waals surface area contributed by atoms with Crippen molar-refractivity contribution in [2.45, 2.75) is 63.4 Å². The maximum Gasteiger partial charge on any atom is 0.407 e. The number of rotatable bonds is 10. The third kappa shape index (κ3) is 6.63. The highest BCUT2D eigenvalue weighted by Gasteiger charge is 2.29. The first-order valence-corrected chi connectivity index (χ1v) is 13.7. The molecule has 0 spiro atoms. The summed E-state index contributed by atoms with van der Waals surface area (Å²) in [4.78, 5) is 28.9. The van der Waals surface area contributed by atoms with Gasteiger partial charge >= 0.3 is 6.09 Å². The first kappa shape index (κ1) is 26.6. The third-order valence-corrected chi connectivity index (χ3v) is 7.38. The number of carbonyl (C=O) groups is 1. The van der Waals surface area contributed by atoms with Gasteiger partial charge in [0.25, 0.3) is 0 Å². The monoisotopic (exact) mass is 527 g/mol. The van der Waals surface area contributed by atoms with Crippen LogP contribution in [0.2, 0.25) is 0 Å². The minimum Gasteiger partial charge on any atom is -0.453 e. The third-order valence-electron chi connectivity index (χ3n) is 5.74. The van der Waals surface area contributed by atoms with Gasteiger partial charge in [0.05, 0.1) is 29.1 Å². The molecule has 0 radical (unpaired) electrons. The summed E-state index contributed by atoms with van der Waals surface area (Å²) in [5, 5.41) is 5.81. The molecule has 1 fully saturated rings. The number of aromatic amines is 1. The predicted molar refractivity (Wildman–Crippen MR) is 141 cm³/mol. The molecule has 1 amide bonds. The van der Waals surface area contributed by atoms with Crippen LogP contribution in [-0.2, 0) is 14.8 Å². The molecule has 4 rings (SSSR count). The summed E-state index contributed by atoms with van der Waals surface area (Å²) in [6.07, 6.45) is 3.24. The van der Waals surface area contributed by atoms with Crippen molar-refractivity contribution in [3.8, 4) is 22.6 Å². The number of hydrogen-bond donors (Lipinski definition) is 4. The Balaban J connectivity index is 1.68. The van der Waals surface area contributed by atoms with Crippen molar-refractivity contribution in [3.05, 3.63) is 41.9 Å². The minimum absolute atomic E-state index is 0.190. The number of anilines is 1. The van der Waals surface area contributed by atoms with E-state index < -0.39 is 16.1 Å². The van der Waals surface area contributed by atoms with E-state index in [1.54, 1.807) is 38.2 Å². The van der Waals surface area contributed by atoms with Crippen molar-refractivity contribution < 1.29 is 17.9 Å². The van der Waals surface area contributed by atoms with Gasteiger partial charge in [0.15, 0.2) is 0 Å². The van der Waals surface area contributed by atoms with Crippen molar-refractivity contribution >= 4 is 22.1 Å². The smallest absolute Gasteiger partial charge is 0.407 e. The fourth-order valence-corrected chi connectivity index (χ4v) is 5.27. The zero-order valence-corrected chi connectivity index (χ0v) is 22.4. The van der Waals surface area contributed by atoms with Gasteiger partial charge in [0.1, 0.15) is 5.82 Å². The van der Waals surface area contributed by atoms with Gasteiger partial charge in [-0.3, -0.25) is 0 Å². The fraction of sp³-hybridized carbons (Fsp3) is 0.440. The zero-order chi connectivity index (χ0) is 26.7. The van der Waals surface area contributed by atoms with E-state index in [4.69, 9.17) is 4.98 Å². The van der Waals surface area contributed by atoms with Crippen LogP contribution < -0.4 is 15.4 Å². The number of aryl methyl sites for hydroxylation is 1. The van der Waals surface area contributed by atoms with Crippen LogP contribution in [0.5, 0.6) is 0 Å². The molecule has 0 saturated heterocycles. The summed E-state index contributed by atoms with van der Waals surface area (Å²) in [6, 6.07) is 6.56. The number of nitrogens with one attached hydrogen (secondary N) is 4. The minimum atomic E-state index is -3.68. The van der Waals surface area contributed by atoms with Crippen molar-refractivity contribution in [1.82, 2.24) is 30.0 Å². The molecule has 1 saturated carbocycles. The second-order valence-electron chi connectivity index (χ2n) is 9.61. The lowest BCUT2D eigenvalue weighted by atomic mass is 10.1. The normalized spacial score (nSPS) is 14.4. The SMILES string of the molecule is COC(=O)N[C@@H](C)CNc1nccc(-c2[nH]c(C3CC3)nc2-c2cc(C)cc(S(=O)(=O)NC(C)C)c2)n1. The van der Waals surface area contributed by atoms with Crippen molar-refractivity contribution in [3.63, 3.8) is 0 Å². The van der Waals surface area contributed by atoms with Gasteiger partial charge in [-0.2, -0.15) is 0 Å². The molecule has 0 bridgehead atoms. The van der Waals surface area contributed by atoms with E-state index in [1.807, 2.05) is 19.9 Å². The highest BCUT2D eigenvalue weighted by atomic mass is 32.2. The average Bonchev–Trinajstić information content (AvgIpc) is 3.59. The van der Waals surface area contributed by atoms with Crippen LogP contribution in [0.3, 0.4) is 0 Å². The molecule has 1 aromatic carbocycles. The summed E-state index contributed by atoms with van der Waals surface area (Å²) < 4.78 is 33.1. The molecular formula is C25H33N7O4S. The summed E-state index contributed by atoms with van der Waals surface area (Å²) >= 11 is 0. The van der Waals surface area contributed by atoms with Gasteiger partial charge in [0.2, 0.25) is 16.0 Å². The predicted octanol–water partition coefficient (Wildman–Crippen LogP) is 3.56. The lowest BCUT2D eigenvalue weighted by Gasteiger charge is -2.14. The standard InChI is InChI=1S/C25H33N7O4S/c1-14(2)32-37(34,35)19-11-15(3)10-18(12-19)21-22(31-23(30-21)17-6-7-17)20-8-9-26-24(29-20)27-13-16(4)28-25(33)36-5/h8-12,14,16-17,32H,6-7,13H2,1-5H3,(H,28,33)(H,30,31)(H,26,27,29)/t16-/m0/s1. The van der Waals surface area contributed by atoms with E-state index in [-0.39, 0.29) is 17.0 Å². The first-order valence-electron chi connectivity index (χ1n) is 12.2. The quantitative estimate of drug-likeness (QED) is 0.312. The molecule has 2 aromatic heterocycles. The van der Waals surface area contributed by atoms with Crippen LogP contribution in [0, 0.1) is 6.92 Å². The van der Waals surface area contributed by atoms with Crippen molar-refractivity contribution in [2.75, 3.05) is 19.0 Å². The van der Waals surface area contributed by atoms with E-state index in [9.17, 15) is 13.2 Å². The van der Waals surface area contributed by atoms with Crippen LogP contribution >= 0.6 is 0 Å². The zero-order valence-electron chi connectivity index (χ0n) is 21.6. The summed E-state index contributed by atoms with van der Waals surface area (Å²) in [5.41, 5.74) is 3.44. The van der Waals surface area contributed by atoms with Crippen molar-refractivity contribution in [1.29, 1.82) is 0 Å². The number of hydrogen-bond acceptors (Lipinski definition) is 8. The number of amides is 1. The molecule has 1 aliphatic rings. The number of benzene rings is 1. The number of H-pyrrole nitrogens is 1. The lowest BCUT2D eigenvalue weighted by Crippen LogP contribution is -2.37. The van der Waals surface area contributed by atoms with Gasteiger partial charge in [-0.25, -0.2) is 32.9 Å². The van der Waals surface area contributed by atoms with Gasteiger partial charge in [-0.15, -0.1) is 0 Å². The number of ether oxygens (including phenoxy) is 1. The Morgan fingerprint density at radius 2 is 1.95 bits per heavy atom. The Hall–Kier alpha value is -3.51. The van der Waals surface area contributed by atoms with E-state index in [2.05, 4.69) is 35.0 Å². The fourth-order valence-electron chi connectivity index (χ4n) is 3.89. The van der Waals surface area contributed by atoms with Crippen LogP contribution in [0.25, 0.3) is 22.6 Å². The van der Waals surface area contributed by atoms with E-state index in [0.29, 0.717) is 41.1 Å². The molecule has 2 heterocycles. The Labute approximate surface area is 216 Å². The van der Waals surface area contributed by atoms with Gasteiger partial charge in [-0.05, 0) is 70.4 Å². The number of carbonyl (C=O) groups excluding carboxylic acids is 1. The van der Waals surface area contributed by atoms with Crippen LogP contribution in [0.15, 0.2) is 35.4 Å². The molecule has 0 unspecified atom stereocenters. The van der Waals surface area contributed by atoms with E-state index in [1.165, 1.54) is 7.11 Å². The average molecular weight is 528 g/mol. The number of aromatic nitrogens is 4. The first-order chi connectivity index (χ1) is 17.6. The van der Waals surface area contributed by atoms with Crippen LogP contribution in [-0.4, -0.2) is 60.2 Å². The Morgan fingerprint density at radius 1 is 1.19 bits per heavy atom. The maximum absolute atomic E-state index is 12.9. The Morgan fingerprint density at radius 3 is 2.62 bits per heavy atom. The van der Waals surface area contributed by atoms with Crippen LogP contribution in [0.1, 0.15) is 50.9 Å². The molecule has 11 nitrogen and oxygen atoms in total. The largest absolute Gasteiger partial charge is 0.453 e. The second-order valence-corrected chi connectivity index (χ2v) is 11.3. The molecule has 12 heteroatoms. The topological polar surface area (TPSA) is 151 Å². The molecule has 0 aliphatic heterocycles. The molecule has 1 aliphatic carbocycles. The Kier molecular flexibility index (Phi) is 7.79. The molecule has 1 atom stereocenters. The summed E-state index contributed by atoms with van der Waals surface area (Å²) in [5.74, 6) is 1.60. The molecule has 37 heavy (non-hydrogen) atoms. The second kappa shape index (κ2) is 10.9. The lowest BCUT2D eigenvalue weighted by molar-refractivity contribution is 0.168. The van der Waals surface area contributed by atoms with E-state index in [0.717, 1.165) is 24.2 Å². The molecular weight excluding hydrogens is 494 g/mol. The highest BCUT2D eigenvalue weighted by molar-refractivity contribution is 7.89. The number of imidazole rings is 1. The Bertz CT molecular complexity index is 1380. The van der Waals surface area contributed by atoms with Crippen molar-refractivity contribution in [2.24, 2.45) is 0 Å². The summed E-state index contributed by atoms with van der Waals surface area (Å²) in [6.45, 7) is 7.66. The number of sulfonamides is 1. The van der Waals surface area contributed by atoms with Crippen LogP contribution in [0.4, 0.5) is 10.7 Å². The van der Waals surface area contributed by atoms with E-state index >= 15 is 0 Å². The van der Waals surface area contributed by atoms with Gasteiger partial charge in [-0.1, -0.05) is 0 Å². The number of nitrogens with zero attached hydrogens (tertiary/aromatic N) is 3. The van der Waals surface area contributed by atoms with Gasteiger partial charge in [0, 0.05) is 36.3 Å². The van der Waals surface area contributed by atoms with Gasteiger partial charge < -0.3 is 20.4 Å². The molecule has 3 aromatic rings. The molecule has 4 N–H and O–H groups in total. The summed E-state index contributed by atoms with van der Waals surface area (Å²) in [7, 11) is -2.37. The number of methoxy groups -OCH3 is 1. The molecule has 198 valence electrons.